The molecule has 1 aliphatic heterocycles. The number of urea groups is 1. The van der Waals surface area contributed by atoms with Crippen LogP contribution in [-0.2, 0) is 19.6 Å². The molecule has 2 N–H and O–H groups in total. The van der Waals surface area contributed by atoms with Gasteiger partial charge in [-0.25, -0.2) is 4.79 Å². The summed E-state index contributed by atoms with van der Waals surface area (Å²) < 4.78 is 0. The second kappa shape index (κ2) is 4.52. The van der Waals surface area contributed by atoms with E-state index in [1.54, 1.807) is 11.1 Å². The number of carbonyl (C=O) groups excluding carboxylic acids is 1. The number of rotatable bonds is 2. The van der Waals surface area contributed by atoms with Crippen LogP contribution in [0.3, 0.4) is 0 Å². The molecule has 1 aromatic carbocycles. The maximum atomic E-state index is 12.0. The Morgan fingerprint density at radius 2 is 2.17 bits per heavy atom. The summed E-state index contributed by atoms with van der Waals surface area (Å²) in [5, 5.41) is 9.77. The van der Waals surface area contributed by atoms with Crippen LogP contribution in [0.15, 0.2) is 36.5 Å². The molecule has 5 nitrogen and oxygen atoms in total. The van der Waals surface area contributed by atoms with Crippen LogP contribution >= 0.6 is 0 Å². The number of nitrogens with zero attached hydrogens (tertiary/aromatic N) is 2. The number of H-pyrrole nitrogens is 1. The molecule has 0 bridgehead atoms. The molecule has 1 aliphatic rings. The monoisotopic (exact) mass is 242 g/mol. The molecule has 5 heteroatoms. The third-order valence-electron chi connectivity index (χ3n) is 3.09. The van der Waals surface area contributed by atoms with Crippen molar-refractivity contribution in [3.05, 3.63) is 53.3 Å². The molecule has 18 heavy (non-hydrogen) atoms. The number of hydrogen-bond acceptors (Lipinski definition) is 2. The lowest BCUT2D eigenvalue weighted by atomic mass is 10.2. The van der Waals surface area contributed by atoms with Crippen LogP contribution in [0.25, 0.3) is 0 Å². The van der Waals surface area contributed by atoms with Gasteiger partial charge in [0.15, 0.2) is 0 Å². The molecule has 0 spiro atoms. The van der Waals surface area contributed by atoms with Crippen molar-refractivity contribution in [3.8, 4) is 0 Å². The molecule has 1 aromatic heterocycles. The Morgan fingerprint density at radius 3 is 2.94 bits per heavy atom. The van der Waals surface area contributed by atoms with E-state index in [1.807, 2.05) is 30.3 Å². The van der Waals surface area contributed by atoms with Crippen LogP contribution in [-0.4, -0.2) is 21.1 Å². The highest BCUT2D eigenvalue weighted by Crippen LogP contribution is 2.19. The predicted molar refractivity (Wildman–Crippen MR) is 66.5 cm³/mol. The second-order valence-electron chi connectivity index (χ2n) is 4.37. The number of hydrogen-bond donors (Lipinski definition) is 2. The molecule has 0 fully saturated rings. The average Bonchev–Trinajstić information content (AvgIpc) is 2.98. The quantitative estimate of drug-likeness (QED) is 0.841. The van der Waals surface area contributed by atoms with Gasteiger partial charge >= 0.3 is 6.03 Å². The highest BCUT2D eigenvalue weighted by Gasteiger charge is 2.24. The Kier molecular flexibility index (Phi) is 2.72. The van der Waals surface area contributed by atoms with E-state index in [0.29, 0.717) is 19.6 Å². The Labute approximate surface area is 105 Å². The van der Waals surface area contributed by atoms with Crippen molar-refractivity contribution in [3.63, 3.8) is 0 Å². The van der Waals surface area contributed by atoms with E-state index in [1.165, 1.54) is 0 Å². The fourth-order valence-electron chi connectivity index (χ4n) is 2.09. The van der Waals surface area contributed by atoms with E-state index in [9.17, 15) is 4.79 Å². The van der Waals surface area contributed by atoms with Crippen molar-refractivity contribution >= 4 is 6.03 Å². The summed E-state index contributed by atoms with van der Waals surface area (Å²) in [5.41, 5.74) is 3.24. The van der Waals surface area contributed by atoms with Gasteiger partial charge in [0.1, 0.15) is 0 Å². The Balaban J connectivity index is 1.56. The van der Waals surface area contributed by atoms with E-state index < -0.39 is 0 Å². The van der Waals surface area contributed by atoms with Crippen molar-refractivity contribution < 1.29 is 4.79 Å². The maximum absolute atomic E-state index is 12.0. The SMILES string of the molecule is O=C(NCc1ccccc1)N1Cc2cn[nH]c2C1. The topological polar surface area (TPSA) is 61.0 Å². The number of amides is 2. The molecule has 0 saturated carbocycles. The molecule has 3 rings (SSSR count). The minimum absolute atomic E-state index is 0.0385. The van der Waals surface area contributed by atoms with Gasteiger partial charge in [-0.3, -0.25) is 5.10 Å². The summed E-state index contributed by atoms with van der Waals surface area (Å²) >= 11 is 0. The zero-order valence-electron chi connectivity index (χ0n) is 9.89. The Bertz CT molecular complexity index is 529. The van der Waals surface area contributed by atoms with Crippen molar-refractivity contribution in [1.82, 2.24) is 20.4 Å². The van der Waals surface area contributed by atoms with Crippen LogP contribution in [0, 0.1) is 0 Å². The summed E-state index contributed by atoms with van der Waals surface area (Å²) in [6, 6.07) is 9.85. The van der Waals surface area contributed by atoms with E-state index in [4.69, 9.17) is 0 Å². The van der Waals surface area contributed by atoms with Crippen molar-refractivity contribution in [2.24, 2.45) is 0 Å². The van der Waals surface area contributed by atoms with E-state index in [2.05, 4.69) is 15.5 Å². The van der Waals surface area contributed by atoms with Gasteiger partial charge in [0, 0.05) is 12.1 Å². The molecule has 0 aliphatic carbocycles. The largest absolute Gasteiger partial charge is 0.334 e. The molecule has 0 unspecified atom stereocenters. The fourth-order valence-corrected chi connectivity index (χ4v) is 2.09. The summed E-state index contributed by atoms with van der Waals surface area (Å²) in [5.74, 6) is 0. The standard InChI is InChI=1S/C13H14N4O/c18-13(14-6-10-4-2-1-3-5-10)17-8-11-7-15-16-12(11)9-17/h1-5,7H,6,8-9H2,(H,14,18)(H,15,16). The molecule has 2 heterocycles. The van der Waals surface area contributed by atoms with Crippen LogP contribution < -0.4 is 5.32 Å². The van der Waals surface area contributed by atoms with Gasteiger partial charge in [-0.15, -0.1) is 0 Å². The lowest BCUT2D eigenvalue weighted by Gasteiger charge is -2.16. The predicted octanol–water partition coefficient (Wildman–Crippen LogP) is 1.64. The Hall–Kier alpha value is -2.30. The van der Waals surface area contributed by atoms with Gasteiger partial charge in [0.25, 0.3) is 0 Å². The second-order valence-corrected chi connectivity index (χ2v) is 4.37. The smallest absolute Gasteiger partial charge is 0.318 e. The molecule has 0 saturated heterocycles. The third-order valence-corrected chi connectivity index (χ3v) is 3.09. The minimum atomic E-state index is -0.0385. The van der Waals surface area contributed by atoms with Crippen LogP contribution in [0.5, 0.6) is 0 Å². The molecule has 0 atom stereocenters. The highest BCUT2D eigenvalue weighted by molar-refractivity contribution is 5.74. The normalized spacial score (nSPS) is 13.4. The number of nitrogens with one attached hydrogen (secondary N) is 2. The third kappa shape index (κ3) is 2.07. The number of aromatic amines is 1. The van der Waals surface area contributed by atoms with Gasteiger partial charge in [-0.1, -0.05) is 30.3 Å². The molecule has 92 valence electrons. The molecule has 2 amide bonds. The zero-order chi connectivity index (χ0) is 12.4. The molecular weight excluding hydrogens is 228 g/mol. The van der Waals surface area contributed by atoms with Crippen molar-refractivity contribution in [2.45, 2.75) is 19.6 Å². The van der Waals surface area contributed by atoms with Gasteiger partial charge in [-0.05, 0) is 5.56 Å². The summed E-state index contributed by atoms with van der Waals surface area (Å²) in [4.78, 5) is 13.7. The number of benzene rings is 1. The molecular formula is C13H14N4O. The number of fused-ring (bicyclic) bond motifs is 1. The van der Waals surface area contributed by atoms with Gasteiger partial charge in [-0.2, -0.15) is 5.10 Å². The summed E-state index contributed by atoms with van der Waals surface area (Å²) in [6.07, 6.45) is 1.78. The van der Waals surface area contributed by atoms with Crippen molar-refractivity contribution in [1.29, 1.82) is 0 Å². The summed E-state index contributed by atoms with van der Waals surface area (Å²) in [7, 11) is 0. The maximum Gasteiger partial charge on any atom is 0.318 e. The molecule has 2 aromatic rings. The Morgan fingerprint density at radius 1 is 1.33 bits per heavy atom. The van der Waals surface area contributed by atoms with E-state index >= 15 is 0 Å². The first kappa shape index (κ1) is 10.8. The van der Waals surface area contributed by atoms with Crippen LogP contribution in [0.2, 0.25) is 0 Å². The fraction of sp³-hybridized carbons (Fsp3) is 0.231. The number of carbonyl (C=O) groups is 1. The minimum Gasteiger partial charge on any atom is -0.334 e. The average molecular weight is 242 g/mol. The van der Waals surface area contributed by atoms with Crippen LogP contribution in [0.1, 0.15) is 16.8 Å². The van der Waals surface area contributed by atoms with E-state index in [-0.39, 0.29) is 6.03 Å². The molecule has 0 radical (unpaired) electrons. The van der Waals surface area contributed by atoms with Gasteiger partial charge in [0.05, 0.1) is 25.0 Å². The van der Waals surface area contributed by atoms with E-state index in [0.717, 1.165) is 16.8 Å². The lowest BCUT2D eigenvalue weighted by molar-refractivity contribution is 0.197. The van der Waals surface area contributed by atoms with Crippen LogP contribution in [0.4, 0.5) is 4.79 Å². The summed E-state index contributed by atoms with van der Waals surface area (Å²) in [6.45, 7) is 1.80. The first-order valence-electron chi connectivity index (χ1n) is 5.91. The van der Waals surface area contributed by atoms with Gasteiger partial charge < -0.3 is 10.2 Å². The zero-order valence-corrected chi connectivity index (χ0v) is 9.89. The first-order chi connectivity index (χ1) is 8.83. The number of aromatic nitrogens is 2. The first-order valence-corrected chi connectivity index (χ1v) is 5.91. The lowest BCUT2D eigenvalue weighted by Crippen LogP contribution is -2.36. The van der Waals surface area contributed by atoms with Crippen molar-refractivity contribution in [2.75, 3.05) is 0 Å². The highest BCUT2D eigenvalue weighted by atomic mass is 16.2. The van der Waals surface area contributed by atoms with Gasteiger partial charge in [0.2, 0.25) is 0 Å².